The lowest BCUT2D eigenvalue weighted by molar-refractivity contribution is -0.134. The summed E-state index contributed by atoms with van der Waals surface area (Å²) in [4.78, 5) is 20.2. The summed E-state index contributed by atoms with van der Waals surface area (Å²) >= 11 is 0. The number of carbonyl (C=O) groups is 1. The minimum Gasteiger partial charge on any atom is -0.333 e. The largest absolute Gasteiger partial charge is 0.333 e. The monoisotopic (exact) mass is 575 g/mol. The van der Waals surface area contributed by atoms with Gasteiger partial charge in [0.15, 0.2) is 40.7 Å². The summed E-state index contributed by atoms with van der Waals surface area (Å²) < 4.78 is 84.7. The first-order chi connectivity index (χ1) is 19.7. The molecule has 1 aliphatic rings. The Balaban J connectivity index is 1.29. The number of hydrogen-bond donors (Lipinski definition) is 1. The van der Waals surface area contributed by atoms with Crippen molar-refractivity contribution >= 4 is 5.91 Å². The number of nitrogens with one attached hydrogen (secondary N) is 1. The molecule has 4 aromatic rings. The second kappa shape index (κ2) is 12.1. The van der Waals surface area contributed by atoms with Crippen molar-refractivity contribution in [3.63, 3.8) is 0 Å². The molecular weight excluding hydrogens is 552 g/mol. The Morgan fingerprint density at radius 1 is 0.878 bits per heavy atom. The van der Waals surface area contributed by atoms with Gasteiger partial charge in [-0.3, -0.25) is 9.63 Å². The first-order valence-corrected chi connectivity index (χ1v) is 12.6. The maximum Gasteiger partial charge on any atom is 0.224 e. The lowest BCUT2D eigenvalue weighted by Gasteiger charge is -2.29. The zero-order valence-electron chi connectivity index (χ0n) is 21.4. The van der Waals surface area contributed by atoms with Gasteiger partial charge in [-0.15, -0.1) is 10.2 Å². The number of hydrogen-bond acceptors (Lipinski definition) is 5. The van der Waals surface area contributed by atoms with Crippen LogP contribution in [0, 0.1) is 34.9 Å². The van der Waals surface area contributed by atoms with Crippen molar-refractivity contribution in [3.05, 3.63) is 106 Å². The van der Waals surface area contributed by atoms with Crippen LogP contribution in [0.2, 0.25) is 0 Å². The van der Waals surface area contributed by atoms with Gasteiger partial charge in [0.2, 0.25) is 5.91 Å². The minimum absolute atomic E-state index is 0.00818. The molecule has 1 atom stereocenters. The van der Waals surface area contributed by atoms with Crippen LogP contribution in [0.5, 0.6) is 0 Å². The molecule has 1 aliphatic heterocycles. The molecule has 0 aliphatic carbocycles. The van der Waals surface area contributed by atoms with Gasteiger partial charge in [0.25, 0.3) is 0 Å². The summed E-state index contributed by atoms with van der Waals surface area (Å²) in [6, 6.07) is 11.3. The van der Waals surface area contributed by atoms with Crippen molar-refractivity contribution in [1.29, 1.82) is 0 Å². The SMILES string of the molecule is O=C(C[C@@H](Cc1cc(F)c(F)cc1F)NOCc1ccccc1)N1CCn2c(nnc2-c2ccc(F)c(F)c2F)C1. The van der Waals surface area contributed by atoms with Gasteiger partial charge in [-0.2, -0.15) is 5.48 Å². The van der Waals surface area contributed by atoms with Crippen molar-refractivity contribution < 1.29 is 36.0 Å². The Labute approximate surface area is 230 Å². The van der Waals surface area contributed by atoms with E-state index in [9.17, 15) is 31.1 Å². The third kappa shape index (κ3) is 6.25. The smallest absolute Gasteiger partial charge is 0.224 e. The summed E-state index contributed by atoms with van der Waals surface area (Å²) in [5.74, 6) is -7.97. The molecule has 0 radical (unpaired) electrons. The number of rotatable bonds is 9. The van der Waals surface area contributed by atoms with Crippen molar-refractivity contribution in [2.24, 2.45) is 0 Å². The van der Waals surface area contributed by atoms with Gasteiger partial charge < -0.3 is 9.47 Å². The minimum atomic E-state index is -1.63. The Kier molecular flexibility index (Phi) is 8.36. The first kappa shape index (κ1) is 28.3. The summed E-state index contributed by atoms with van der Waals surface area (Å²) in [5.41, 5.74) is 3.15. The number of nitrogens with zero attached hydrogens (tertiary/aromatic N) is 4. The van der Waals surface area contributed by atoms with Crippen molar-refractivity contribution in [2.45, 2.75) is 38.6 Å². The fourth-order valence-corrected chi connectivity index (χ4v) is 4.57. The molecule has 3 aromatic carbocycles. The highest BCUT2D eigenvalue weighted by atomic mass is 19.2. The van der Waals surface area contributed by atoms with Crippen LogP contribution in [0.3, 0.4) is 0 Å². The average molecular weight is 576 g/mol. The van der Waals surface area contributed by atoms with Gasteiger partial charge in [0.05, 0.1) is 18.7 Å². The molecule has 214 valence electrons. The molecule has 13 heteroatoms. The van der Waals surface area contributed by atoms with Gasteiger partial charge in [-0.25, -0.2) is 26.3 Å². The molecule has 0 spiro atoms. The molecule has 0 saturated carbocycles. The fourth-order valence-electron chi connectivity index (χ4n) is 4.57. The highest BCUT2D eigenvalue weighted by Crippen LogP contribution is 2.27. The summed E-state index contributed by atoms with van der Waals surface area (Å²) in [7, 11) is 0. The van der Waals surface area contributed by atoms with E-state index in [1.54, 1.807) is 0 Å². The molecule has 0 unspecified atom stereocenters. The molecule has 7 nitrogen and oxygen atoms in total. The third-order valence-electron chi connectivity index (χ3n) is 6.69. The number of benzene rings is 3. The van der Waals surface area contributed by atoms with E-state index in [4.69, 9.17) is 4.84 Å². The molecule has 0 bridgehead atoms. The molecule has 1 aromatic heterocycles. The number of amides is 1. The van der Waals surface area contributed by atoms with Crippen LogP contribution in [0.15, 0.2) is 54.6 Å². The zero-order chi connectivity index (χ0) is 29.1. The Bertz CT molecular complexity index is 1570. The lowest BCUT2D eigenvalue weighted by Crippen LogP contribution is -2.43. The molecule has 1 N–H and O–H groups in total. The normalized spacial score (nSPS) is 13.8. The van der Waals surface area contributed by atoms with E-state index in [1.807, 2.05) is 30.3 Å². The topological polar surface area (TPSA) is 72.3 Å². The molecule has 41 heavy (non-hydrogen) atoms. The van der Waals surface area contributed by atoms with Crippen LogP contribution < -0.4 is 5.48 Å². The lowest BCUT2D eigenvalue weighted by atomic mass is 10.0. The number of aromatic nitrogens is 3. The van der Waals surface area contributed by atoms with Crippen molar-refractivity contribution in [1.82, 2.24) is 25.1 Å². The summed E-state index contributed by atoms with van der Waals surface area (Å²) in [6.07, 6.45) is -0.390. The van der Waals surface area contributed by atoms with Gasteiger partial charge in [0.1, 0.15) is 5.82 Å². The van der Waals surface area contributed by atoms with Crippen LogP contribution in [0.1, 0.15) is 23.4 Å². The quantitative estimate of drug-likeness (QED) is 0.134. The molecule has 2 heterocycles. The van der Waals surface area contributed by atoms with E-state index in [0.717, 1.165) is 23.8 Å². The molecule has 0 saturated heterocycles. The van der Waals surface area contributed by atoms with Crippen LogP contribution in [-0.2, 0) is 35.7 Å². The average Bonchev–Trinajstić information content (AvgIpc) is 3.38. The first-order valence-electron chi connectivity index (χ1n) is 12.6. The fraction of sp³-hybridized carbons (Fsp3) is 0.250. The molecule has 5 rings (SSSR count). The Morgan fingerprint density at radius 2 is 1.63 bits per heavy atom. The number of halogens is 6. The zero-order valence-corrected chi connectivity index (χ0v) is 21.4. The number of hydroxylamine groups is 1. The van der Waals surface area contributed by atoms with E-state index in [1.165, 1.54) is 9.47 Å². The van der Waals surface area contributed by atoms with Crippen molar-refractivity contribution in [2.75, 3.05) is 6.54 Å². The van der Waals surface area contributed by atoms with E-state index in [2.05, 4.69) is 15.7 Å². The second-order valence-corrected chi connectivity index (χ2v) is 9.48. The standard InChI is InChI=1S/C28H23F6N5O2/c29-20-7-6-19(26(33)27(20)34)28-36-35-24-14-38(8-9-39(24)28)25(40)12-18(37-41-15-16-4-2-1-3-5-16)10-17-11-22(31)23(32)13-21(17)30/h1-7,11,13,18,37H,8-10,12,14-15H2/t18-/m1/s1. The van der Waals surface area contributed by atoms with Crippen LogP contribution in [0.25, 0.3) is 11.4 Å². The third-order valence-corrected chi connectivity index (χ3v) is 6.69. The van der Waals surface area contributed by atoms with Gasteiger partial charge in [0, 0.05) is 31.6 Å². The molecule has 0 fully saturated rings. The predicted octanol–water partition coefficient (Wildman–Crippen LogP) is 4.84. The van der Waals surface area contributed by atoms with Crippen LogP contribution >= 0.6 is 0 Å². The van der Waals surface area contributed by atoms with E-state index >= 15 is 0 Å². The number of fused-ring (bicyclic) bond motifs is 1. The van der Waals surface area contributed by atoms with Gasteiger partial charge in [-0.1, -0.05) is 30.3 Å². The second-order valence-electron chi connectivity index (χ2n) is 9.48. The van der Waals surface area contributed by atoms with E-state index in [0.29, 0.717) is 11.9 Å². The summed E-state index contributed by atoms with van der Waals surface area (Å²) in [6.45, 7) is 0.401. The van der Waals surface area contributed by atoms with Crippen LogP contribution in [0.4, 0.5) is 26.3 Å². The highest BCUT2D eigenvalue weighted by Gasteiger charge is 2.29. The maximum absolute atomic E-state index is 14.4. The van der Waals surface area contributed by atoms with Gasteiger partial charge in [-0.05, 0) is 35.7 Å². The highest BCUT2D eigenvalue weighted by molar-refractivity contribution is 5.77. The number of carbonyl (C=O) groups excluding carboxylic acids is 1. The molecule has 1 amide bonds. The van der Waals surface area contributed by atoms with Crippen molar-refractivity contribution in [3.8, 4) is 11.4 Å². The Hall–Kier alpha value is -4.23. The Morgan fingerprint density at radius 3 is 2.41 bits per heavy atom. The van der Waals surface area contributed by atoms with E-state index in [-0.39, 0.29) is 61.9 Å². The van der Waals surface area contributed by atoms with Gasteiger partial charge >= 0.3 is 0 Å². The van der Waals surface area contributed by atoms with E-state index < -0.39 is 40.9 Å². The summed E-state index contributed by atoms with van der Waals surface area (Å²) in [5, 5.41) is 7.90. The van der Waals surface area contributed by atoms with Crippen LogP contribution in [-0.4, -0.2) is 38.2 Å². The molecular formula is C28H23F6N5O2. The predicted molar refractivity (Wildman–Crippen MR) is 134 cm³/mol. The maximum atomic E-state index is 14.4.